The zero-order valence-corrected chi connectivity index (χ0v) is 3.09. The van der Waals surface area contributed by atoms with Crippen molar-refractivity contribution in [1.82, 2.24) is 0 Å². The first-order valence-corrected chi connectivity index (χ1v) is 1.32. The van der Waals surface area contributed by atoms with E-state index in [1.54, 1.807) is 0 Å². The SMILES string of the molecule is FC=[C-]C(F)(F)F. The smallest absolute Gasteiger partial charge is 0.267 e. The van der Waals surface area contributed by atoms with Crippen molar-refractivity contribution < 1.29 is 17.6 Å². The molecule has 4 heteroatoms. The average molecular weight is 113 g/mol. The number of allylic oxidation sites excluding steroid dienone is 1. The van der Waals surface area contributed by atoms with Crippen molar-refractivity contribution in [2.45, 2.75) is 6.18 Å². The molecule has 42 valence electrons. The van der Waals surface area contributed by atoms with Crippen LogP contribution in [0.25, 0.3) is 0 Å². The van der Waals surface area contributed by atoms with Crippen molar-refractivity contribution in [3.05, 3.63) is 12.4 Å². The van der Waals surface area contributed by atoms with Gasteiger partial charge in [-0.25, -0.2) is 13.2 Å². The van der Waals surface area contributed by atoms with Crippen molar-refractivity contribution in [1.29, 1.82) is 0 Å². The number of alkyl halides is 3. The molecule has 0 aromatic rings. The second kappa shape index (κ2) is 1.95. The zero-order valence-electron chi connectivity index (χ0n) is 3.09. The summed E-state index contributed by atoms with van der Waals surface area (Å²) >= 11 is 0. The molecule has 0 unspecified atom stereocenters. The van der Waals surface area contributed by atoms with E-state index < -0.39 is 12.5 Å². The predicted molar refractivity (Wildman–Crippen MR) is 15.0 cm³/mol. The van der Waals surface area contributed by atoms with E-state index in [1.807, 2.05) is 0 Å². The minimum absolute atomic E-state index is 0.493. The van der Waals surface area contributed by atoms with Crippen LogP contribution < -0.4 is 0 Å². The Kier molecular flexibility index (Phi) is 1.80. The van der Waals surface area contributed by atoms with Gasteiger partial charge in [-0.3, -0.25) is 4.39 Å². The second-order valence-electron chi connectivity index (χ2n) is 0.751. The van der Waals surface area contributed by atoms with E-state index in [4.69, 9.17) is 0 Å². The van der Waals surface area contributed by atoms with Crippen LogP contribution in [0.2, 0.25) is 0 Å². The van der Waals surface area contributed by atoms with Gasteiger partial charge in [-0.15, -0.1) is 0 Å². The lowest BCUT2D eigenvalue weighted by molar-refractivity contribution is -0.0883. The van der Waals surface area contributed by atoms with Gasteiger partial charge in [-0.05, 0) is 0 Å². The summed E-state index contributed by atoms with van der Waals surface area (Å²) in [5, 5.41) is 0. The second-order valence-corrected chi connectivity index (χ2v) is 0.751. The summed E-state index contributed by atoms with van der Waals surface area (Å²) in [4.78, 5) is 0. The summed E-state index contributed by atoms with van der Waals surface area (Å²) in [5.41, 5.74) is 0. The molecule has 0 atom stereocenters. The van der Waals surface area contributed by atoms with E-state index >= 15 is 0 Å². The molecule has 0 spiro atoms. The van der Waals surface area contributed by atoms with Crippen molar-refractivity contribution in [2.24, 2.45) is 0 Å². The molecule has 0 aromatic carbocycles. The number of halogens is 4. The zero-order chi connectivity index (χ0) is 5.91. The largest absolute Gasteiger partial charge is 0.359 e. The van der Waals surface area contributed by atoms with E-state index in [2.05, 4.69) is 0 Å². The highest BCUT2D eigenvalue weighted by molar-refractivity contribution is 4.69. The third-order valence-electron chi connectivity index (χ3n) is 0.218. The van der Waals surface area contributed by atoms with Gasteiger partial charge in [0.25, 0.3) is 6.18 Å². The van der Waals surface area contributed by atoms with E-state index in [-0.39, 0.29) is 0 Å². The van der Waals surface area contributed by atoms with Gasteiger partial charge in [0.2, 0.25) is 0 Å². The number of rotatable bonds is 0. The Balaban J connectivity index is 3.56. The molecule has 0 saturated carbocycles. The molecular weight excluding hydrogens is 112 g/mol. The average Bonchev–Trinajstić information content (AvgIpc) is 1.30. The molecule has 0 heterocycles. The fourth-order valence-corrected chi connectivity index (χ4v) is 0.0619. The Hall–Kier alpha value is -0.540. The monoisotopic (exact) mass is 113 g/mol. The van der Waals surface area contributed by atoms with Gasteiger partial charge < -0.3 is 6.08 Å². The molecule has 7 heavy (non-hydrogen) atoms. The highest BCUT2D eigenvalue weighted by Crippen LogP contribution is 2.14. The highest BCUT2D eigenvalue weighted by atomic mass is 19.4. The molecule has 0 rings (SSSR count). The van der Waals surface area contributed by atoms with Crippen LogP contribution in [0, 0.1) is 6.08 Å². The van der Waals surface area contributed by atoms with E-state index in [1.165, 1.54) is 0 Å². The molecule has 0 nitrogen and oxygen atoms in total. The quantitative estimate of drug-likeness (QED) is 0.332. The molecular formula is C3HF4-. The van der Waals surface area contributed by atoms with Crippen molar-refractivity contribution in [3.63, 3.8) is 0 Å². The lowest BCUT2D eigenvalue weighted by Gasteiger charge is -2.07. The fraction of sp³-hybridized carbons (Fsp3) is 0.333. The molecule has 0 amide bonds. The standard InChI is InChI=1S/C3HF4/c4-2-1-3(5,6)7/h2H/q-1. The minimum atomic E-state index is -4.63. The summed E-state index contributed by atoms with van der Waals surface area (Å²) in [6, 6.07) is 0. The van der Waals surface area contributed by atoms with E-state index in [0.717, 1.165) is 0 Å². The van der Waals surface area contributed by atoms with Crippen LogP contribution >= 0.6 is 0 Å². The van der Waals surface area contributed by atoms with Crippen LogP contribution in [-0.2, 0) is 0 Å². The molecule has 0 bridgehead atoms. The first-order chi connectivity index (χ1) is 3.06. The first kappa shape index (κ1) is 6.46. The molecule has 0 aliphatic carbocycles. The van der Waals surface area contributed by atoms with Crippen LogP contribution in [0.1, 0.15) is 0 Å². The van der Waals surface area contributed by atoms with Crippen LogP contribution in [0.4, 0.5) is 17.6 Å². The van der Waals surface area contributed by atoms with Gasteiger partial charge >= 0.3 is 0 Å². The molecule has 0 fully saturated rings. The van der Waals surface area contributed by atoms with Gasteiger partial charge in [0.1, 0.15) is 0 Å². The molecule has 0 radical (unpaired) electrons. The summed E-state index contributed by atoms with van der Waals surface area (Å²) < 4.78 is 42.6. The van der Waals surface area contributed by atoms with E-state index in [0.29, 0.717) is 6.08 Å². The minimum Gasteiger partial charge on any atom is -0.359 e. The third kappa shape index (κ3) is 5.46. The summed E-state index contributed by atoms with van der Waals surface area (Å²) in [6.07, 6.45) is -4.80. The highest BCUT2D eigenvalue weighted by Gasteiger charge is 2.06. The number of hydrogen-bond donors (Lipinski definition) is 0. The van der Waals surface area contributed by atoms with Crippen LogP contribution in [0.15, 0.2) is 6.33 Å². The summed E-state index contributed by atoms with van der Waals surface area (Å²) in [5.74, 6) is 0. The first-order valence-electron chi connectivity index (χ1n) is 1.32. The van der Waals surface area contributed by atoms with Crippen molar-refractivity contribution in [2.75, 3.05) is 0 Å². The Morgan fingerprint density at radius 3 is 1.71 bits per heavy atom. The van der Waals surface area contributed by atoms with Crippen LogP contribution in [0.3, 0.4) is 0 Å². The molecule has 0 aliphatic heterocycles. The maximum atomic E-state index is 10.7. The lowest BCUT2D eigenvalue weighted by Crippen LogP contribution is -2.00. The Morgan fingerprint density at radius 2 is 1.71 bits per heavy atom. The topological polar surface area (TPSA) is 0 Å². The fourth-order valence-electron chi connectivity index (χ4n) is 0.0619. The van der Waals surface area contributed by atoms with Crippen LogP contribution in [0.5, 0.6) is 0 Å². The normalized spacial score (nSPS) is 13.1. The lowest BCUT2D eigenvalue weighted by atomic mass is 10.6. The third-order valence-corrected chi connectivity index (χ3v) is 0.218. The Labute approximate surface area is 37.4 Å². The molecule has 0 aliphatic rings. The Bertz CT molecular complexity index is 69.5. The maximum Gasteiger partial charge on any atom is 0.267 e. The van der Waals surface area contributed by atoms with Crippen molar-refractivity contribution in [3.8, 4) is 0 Å². The number of hydrogen-bond acceptors (Lipinski definition) is 0. The summed E-state index contributed by atoms with van der Waals surface area (Å²) in [7, 11) is 0. The van der Waals surface area contributed by atoms with Gasteiger partial charge in [0.15, 0.2) is 0 Å². The van der Waals surface area contributed by atoms with Gasteiger partial charge in [0.05, 0.1) is 0 Å². The summed E-state index contributed by atoms with van der Waals surface area (Å²) in [6.45, 7) is 0. The van der Waals surface area contributed by atoms with Gasteiger partial charge in [-0.2, -0.15) is 0 Å². The van der Waals surface area contributed by atoms with Crippen LogP contribution in [-0.4, -0.2) is 6.18 Å². The Morgan fingerprint density at radius 1 is 1.29 bits per heavy atom. The predicted octanol–water partition coefficient (Wildman–Crippen LogP) is 1.84. The van der Waals surface area contributed by atoms with Crippen molar-refractivity contribution >= 4 is 0 Å². The molecule has 0 saturated heterocycles. The maximum absolute atomic E-state index is 10.7. The molecule has 0 aromatic heterocycles. The molecule has 0 N–H and O–H groups in total. The van der Waals surface area contributed by atoms with E-state index in [9.17, 15) is 17.6 Å². The van der Waals surface area contributed by atoms with Gasteiger partial charge in [0, 0.05) is 0 Å². The van der Waals surface area contributed by atoms with Gasteiger partial charge in [-0.1, -0.05) is 6.33 Å².